The Labute approximate surface area is 187 Å². The highest BCUT2D eigenvalue weighted by atomic mass is 16.5. The van der Waals surface area contributed by atoms with Gasteiger partial charge in [-0.3, -0.25) is 9.69 Å². The maximum Gasteiger partial charge on any atom is 0.167 e. The van der Waals surface area contributed by atoms with Gasteiger partial charge < -0.3 is 9.64 Å². The van der Waals surface area contributed by atoms with Crippen LogP contribution in [0.15, 0.2) is 48.5 Å². The molecule has 0 N–H and O–H groups in total. The number of benzene rings is 2. The summed E-state index contributed by atoms with van der Waals surface area (Å²) >= 11 is 0. The molecule has 0 bridgehead atoms. The number of carbonyl (C=O) groups is 1. The smallest absolute Gasteiger partial charge is 0.167 e. The summed E-state index contributed by atoms with van der Waals surface area (Å²) in [5.41, 5.74) is 4.87. The van der Waals surface area contributed by atoms with E-state index in [4.69, 9.17) is 4.74 Å². The Morgan fingerprint density at radius 2 is 1.68 bits per heavy atom. The number of morpholine rings is 1. The molecular weight excluding hydrogens is 384 g/mol. The summed E-state index contributed by atoms with van der Waals surface area (Å²) in [5.74, 6) is 0.604. The van der Waals surface area contributed by atoms with Crippen molar-refractivity contribution in [3.05, 3.63) is 70.8 Å². The van der Waals surface area contributed by atoms with Gasteiger partial charge in [0.15, 0.2) is 5.78 Å². The van der Waals surface area contributed by atoms with E-state index in [0.29, 0.717) is 11.7 Å². The molecule has 4 rings (SSSR count). The molecule has 2 fully saturated rings. The maximum atomic E-state index is 13.6. The average Bonchev–Trinajstić information content (AvgIpc) is 2.82. The summed E-state index contributed by atoms with van der Waals surface area (Å²) in [5, 5.41) is 0. The highest BCUT2D eigenvalue weighted by Crippen LogP contribution is 2.37. The highest BCUT2D eigenvalue weighted by molar-refractivity contribution is 5.98. The third kappa shape index (κ3) is 5.43. The molecule has 2 aromatic rings. The van der Waals surface area contributed by atoms with E-state index in [9.17, 15) is 4.79 Å². The van der Waals surface area contributed by atoms with Crippen molar-refractivity contribution in [3.63, 3.8) is 0 Å². The van der Waals surface area contributed by atoms with Crippen molar-refractivity contribution < 1.29 is 9.53 Å². The van der Waals surface area contributed by atoms with Crippen molar-refractivity contribution in [3.8, 4) is 0 Å². The third-order valence-corrected chi connectivity index (χ3v) is 7.19. The van der Waals surface area contributed by atoms with Crippen LogP contribution in [-0.4, -0.2) is 68.1 Å². The molecular formula is C27H36N2O2. The van der Waals surface area contributed by atoms with Crippen molar-refractivity contribution >= 4 is 5.78 Å². The maximum absolute atomic E-state index is 13.6. The molecule has 0 amide bonds. The number of hydrogen-bond donors (Lipinski definition) is 0. The van der Waals surface area contributed by atoms with Crippen LogP contribution in [0.2, 0.25) is 0 Å². The van der Waals surface area contributed by atoms with E-state index in [2.05, 4.69) is 41.8 Å². The molecule has 0 aromatic heterocycles. The van der Waals surface area contributed by atoms with Crippen molar-refractivity contribution in [1.29, 1.82) is 0 Å². The van der Waals surface area contributed by atoms with Crippen LogP contribution in [0.1, 0.15) is 45.8 Å². The van der Waals surface area contributed by atoms with E-state index in [0.717, 1.165) is 70.9 Å². The Morgan fingerprint density at radius 3 is 2.45 bits per heavy atom. The van der Waals surface area contributed by atoms with Gasteiger partial charge in [0.25, 0.3) is 0 Å². The molecule has 2 saturated heterocycles. The zero-order valence-electron chi connectivity index (χ0n) is 19.1. The van der Waals surface area contributed by atoms with E-state index in [1.54, 1.807) is 0 Å². The highest BCUT2D eigenvalue weighted by Gasteiger charge is 2.36. The number of aryl methyl sites for hydroxylation is 1. The first-order valence-electron chi connectivity index (χ1n) is 11.8. The molecule has 166 valence electrons. The molecule has 31 heavy (non-hydrogen) atoms. The van der Waals surface area contributed by atoms with E-state index in [-0.39, 0.29) is 5.92 Å². The summed E-state index contributed by atoms with van der Waals surface area (Å²) in [7, 11) is 0. The van der Waals surface area contributed by atoms with Crippen LogP contribution < -0.4 is 0 Å². The van der Waals surface area contributed by atoms with Crippen LogP contribution >= 0.6 is 0 Å². The van der Waals surface area contributed by atoms with Crippen molar-refractivity contribution in [2.24, 2.45) is 5.92 Å². The second kappa shape index (κ2) is 10.5. The average molecular weight is 421 g/mol. The minimum atomic E-state index is 0.0139. The molecule has 2 atom stereocenters. The van der Waals surface area contributed by atoms with E-state index in [1.807, 2.05) is 30.3 Å². The largest absolute Gasteiger partial charge is 0.379 e. The van der Waals surface area contributed by atoms with E-state index < -0.39 is 0 Å². The first-order valence-corrected chi connectivity index (χ1v) is 11.8. The molecule has 0 spiro atoms. The molecule has 0 aliphatic carbocycles. The lowest BCUT2D eigenvalue weighted by Crippen LogP contribution is -2.44. The summed E-state index contributed by atoms with van der Waals surface area (Å²) in [6.45, 7) is 12.3. The zero-order chi connectivity index (χ0) is 21.6. The number of nitrogens with zero attached hydrogens (tertiary/aromatic N) is 2. The van der Waals surface area contributed by atoms with Gasteiger partial charge in [-0.2, -0.15) is 0 Å². The van der Waals surface area contributed by atoms with Gasteiger partial charge in [-0.25, -0.2) is 0 Å². The standard InChI is InChI=1S/C27H36N2O2/c1-21-8-6-11-24(22(21)2)25-12-15-29(14-7-13-28-16-18-31-19-17-28)20-26(25)27(30)23-9-4-3-5-10-23/h3-6,8-11,25-26H,7,12-20H2,1-2H3/t25-,26-/m1/s1. The number of piperidine rings is 1. The Bertz CT molecular complexity index is 861. The lowest BCUT2D eigenvalue weighted by atomic mass is 9.75. The summed E-state index contributed by atoms with van der Waals surface area (Å²) in [4.78, 5) is 18.6. The van der Waals surface area contributed by atoms with Gasteiger partial charge in [0.2, 0.25) is 0 Å². The Morgan fingerprint density at radius 1 is 0.935 bits per heavy atom. The number of rotatable bonds is 7. The molecule has 2 aliphatic heterocycles. The van der Waals surface area contributed by atoms with Gasteiger partial charge >= 0.3 is 0 Å². The van der Waals surface area contributed by atoms with Crippen molar-refractivity contribution in [2.75, 3.05) is 52.5 Å². The third-order valence-electron chi connectivity index (χ3n) is 7.19. The Balaban J connectivity index is 1.47. The van der Waals surface area contributed by atoms with Gasteiger partial charge in [-0.1, -0.05) is 48.5 Å². The van der Waals surface area contributed by atoms with Crippen molar-refractivity contribution in [2.45, 2.75) is 32.6 Å². The van der Waals surface area contributed by atoms with Crippen molar-refractivity contribution in [1.82, 2.24) is 9.80 Å². The number of ether oxygens (including phenoxy) is 1. The molecule has 2 aliphatic rings. The van der Waals surface area contributed by atoms with E-state index >= 15 is 0 Å². The van der Waals surface area contributed by atoms with Crippen LogP contribution in [0, 0.1) is 19.8 Å². The molecule has 0 unspecified atom stereocenters. The molecule has 0 radical (unpaired) electrons. The molecule has 4 heteroatoms. The normalized spacial score (nSPS) is 23.0. The quantitative estimate of drug-likeness (QED) is 0.625. The van der Waals surface area contributed by atoms with Gasteiger partial charge in [-0.05, 0) is 68.9 Å². The van der Waals surface area contributed by atoms with Gasteiger partial charge in [0.05, 0.1) is 13.2 Å². The second-order valence-corrected chi connectivity index (χ2v) is 9.13. The SMILES string of the molecule is Cc1cccc([C@H]2CCN(CCCN3CCOCC3)C[C@H]2C(=O)c2ccccc2)c1C. The summed E-state index contributed by atoms with van der Waals surface area (Å²) in [6.07, 6.45) is 2.20. The zero-order valence-corrected chi connectivity index (χ0v) is 19.1. The fraction of sp³-hybridized carbons (Fsp3) is 0.519. The monoisotopic (exact) mass is 420 g/mol. The van der Waals surface area contributed by atoms with Crippen LogP contribution in [0.4, 0.5) is 0 Å². The molecule has 2 aromatic carbocycles. The van der Waals surface area contributed by atoms with Gasteiger partial charge in [0, 0.05) is 31.1 Å². The number of Topliss-reactive ketones (excluding diaryl/α,β-unsaturated/α-hetero) is 1. The minimum absolute atomic E-state index is 0.0139. The van der Waals surface area contributed by atoms with E-state index in [1.165, 1.54) is 16.7 Å². The molecule has 4 nitrogen and oxygen atoms in total. The first kappa shape index (κ1) is 22.2. The van der Waals surface area contributed by atoms with Crippen LogP contribution in [0.25, 0.3) is 0 Å². The second-order valence-electron chi connectivity index (χ2n) is 9.13. The fourth-order valence-electron chi connectivity index (χ4n) is 5.20. The summed E-state index contributed by atoms with van der Waals surface area (Å²) in [6, 6.07) is 16.4. The number of likely N-dealkylation sites (tertiary alicyclic amines) is 1. The van der Waals surface area contributed by atoms with Gasteiger partial charge in [-0.15, -0.1) is 0 Å². The lowest BCUT2D eigenvalue weighted by Gasteiger charge is -2.39. The lowest BCUT2D eigenvalue weighted by molar-refractivity contribution is 0.0350. The van der Waals surface area contributed by atoms with Gasteiger partial charge in [0.1, 0.15) is 0 Å². The van der Waals surface area contributed by atoms with Crippen LogP contribution in [-0.2, 0) is 4.74 Å². The summed E-state index contributed by atoms with van der Waals surface area (Å²) < 4.78 is 5.46. The topological polar surface area (TPSA) is 32.8 Å². The Kier molecular flexibility index (Phi) is 7.54. The predicted molar refractivity (Wildman–Crippen MR) is 126 cm³/mol. The number of hydrogen-bond acceptors (Lipinski definition) is 4. The Hall–Kier alpha value is -2.01. The van der Waals surface area contributed by atoms with Crippen LogP contribution in [0.3, 0.4) is 0 Å². The predicted octanol–water partition coefficient (Wildman–Crippen LogP) is 4.31. The molecule has 0 saturated carbocycles. The molecule has 2 heterocycles. The van der Waals surface area contributed by atoms with Crippen LogP contribution in [0.5, 0.6) is 0 Å². The first-order chi connectivity index (χ1) is 15.1. The number of ketones is 1. The minimum Gasteiger partial charge on any atom is -0.379 e. The number of carbonyl (C=O) groups excluding carboxylic acids is 1. The fourth-order valence-corrected chi connectivity index (χ4v) is 5.20.